The minimum atomic E-state index is -0.283. The van der Waals surface area contributed by atoms with Crippen molar-refractivity contribution < 1.29 is 14.0 Å². The minimum Gasteiger partial charge on any atom is -0.463 e. The molecule has 0 unspecified atom stereocenters. The molecule has 2 N–H and O–H groups in total. The van der Waals surface area contributed by atoms with Gasteiger partial charge in [0.25, 0.3) is 11.8 Å². The normalized spacial score (nSPS) is 15.4. The molecule has 0 radical (unpaired) electrons. The van der Waals surface area contributed by atoms with Gasteiger partial charge >= 0.3 is 0 Å². The highest BCUT2D eigenvalue weighted by atomic mass is 16.3. The van der Waals surface area contributed by atoms with Crippen LogP contribution in [0.4, 0.5) is 5.69 Å². The van der Waals surface area contributed by atoms with E-state index < -0.39 is 0 Å². The highest BCUT2D eigenvalue weighted by Gasteiger charge is 2.35. The largest absolute Gasteiger partial charge is 0.463 e. The number of hydrogen-bond donors (Lipinski definition) is 1. The van der Waals surface area contributed by atoms with E-state index in [4.69, 9.17) is 15.1 Å². The zero-order valence-corrected chi connectivity index (χ0v) is 19.0. The van der Waals surface area contributed by atoms with Crippen LogP contribution >= 0.6 is 0 Å². The molecule has 2 aromatic carbocycles. The summed E-state index contributed by atoms with van der Waals surface area (Å²) in [6, 6.07) is 18.2. The maximum absolute atomic E-state index is 12.6. The van der Waals surface area contributed by atoms with Crippen LogP contribution in [0.15, 0.2) is 71.3 Å². The van der Waals surface area contributed by atoms with Gasteiger partial charge in [-0.1, -0.05) is 12.1 Å². The molecule has 0 atom stereocenters. The van der Waals surface area contributed by atoms with Gasteiger partial charge in [0, 0.05) is 42.5 Å². The molecule has 0 bridgehead atoms. The van der Waals surface area contributed by atoms with Crippen LogP contribution in [-0.2, 0) is 26.1 Å². The van der Waals surface area contributed by atoms with Gasteiger partial charge in [-0.25, -0.2) is 9.97 Å². The average molecular weight is 466 g/mol. The van der Waals surface area contributed by atoms with Crippen molar-refractivity contribution in [1.82, 2.24) is 19.8 Å². The Morgan fingerprint density at radius 1 is 0.886 bits per heavy atom. The van der Waals surface area contributed by atoms with E-state index in [1.54, 1.807) is 24.3 Å². The van der Waals surface area contributed by atoms with Gasteiger partial charge in [0.05, 0.1) is 29.9 Å². The van der Waals surface area contributed by atoms with Crippen molar-refractivity contribution in [1.29, 1.82) is 0 Å². The average Bonchev–Trinajstić information content (AvgIpc) is 3.42. The number of aromatic nitrogens is 2. The number of amides is 2. The van der Waals surface area contributed by atoms with Gasteiger partial charge < -0.3 is 10.2 Å². The fraction of sp³-hybridized carbons (Fsp3) is 0.185. The fourth-order valence-electron chi connectivity index (χ4n) is 4.63. The molecule has 4 aromatic rings. The molecule has 2 aromatic heterocycles. The van der Waals surface area contributed by atoms with Crippen molar-refractivity contribution in [3.05, 3.63) is 101 Å². The van der Waals surface area contributed by atoms with E-state index in [-0.39, 0.29) is 18.4 Å². The number of imide groups is 1. The van der Waals surface area contributed by atoms with Crippen molar-refractivity contribution in [2.45, 2.75) is 26.1 Å². The maximum Gasteiger partial charge on any atom is 0.261 e. The molecule has 6 rings (SSSR count). The number of fused-ring (bicyclic) bond motifs is 2. The van der Waals surface area contributed by atoms with Crippen LogP contribution in [0.25, 0.3) is 11.4 Å². The second-order valence-electron chi connectivity index (χ2n) is 8.86. The standard InChI is InChI=1S/C27H23N5O3/c28-19-7-5-17(6-8-19)25-29-13-18-14-31(12-11-24(18)30-25)15-20-9-10-21(35-20)16-32-26(33)22-3-1-2-4-23(22)27(32)34/h1-10,13H,11-12,14-16,28H2. The fourth-order valence-corrected chi connectivity index (χ4v) is 4.63. The molecule has 8 heteroatoms. The molecular weight excluding hydrogens is 442 g/mol. The van der Waals surface area contributed by atoms with Crippen molar-refractivity contribution >= 4 is 17.5 Å². The van der Waals surface area contributed by atoms with Gasteiger partial charge in [0.1, 0.15) is 11.5 Å². The SMILES string of the molecule is Nc1ccc(-c2ncc3c(n2)CCN(Cc2ccc(CN4C(=O)c5ccccc5C4=O)o2)C3)cc1. The lowest BCUT2D eigenvalue weighted by Gasteiger charge is -2.27. The smallest absolute Gasteiger partial charge is 0.261 e. The molecular formula is C27H23N5O3. The first-order valence-electron chi connectivity index (χ1n) is 11.5. The van der Waals surface area contributed by atoms with Gasteiger partial charge in [-0.15, -0.1) is 0 Å². The molecule has 0 spiro atoms. The third-order valence-corrected chi connectivity index (χ3v) is 6.47. The summed E-state index contributed by atoms with van der Waals surface area (Å²) in [6.07, 6.45) is 2.72. The Balaban J connectivity index is 1.11. The summed E-state index contributed by atoms with van der Waals surface area (Å²) in [5.41, 5.74) is 10.5. The third-order valence-electron chi connectivity index (χ3n) is 6.47. The number of furan rings is 1. The molecule has 8 nitrogen and oxygen atoms in total. The molecule has 0 aliphatic carbocycles. The lowest BCUT2D eigenvalue weighted by atomic mass is 10.1. The molecule has 4 heterocycles. The van der Waals surface area contributed by atoms with Crippen molar-refractivity contribution in [2.24, 2.45) is 0 Å². The lowest BCUT2D eigenvalue weighted by Crippen LogP contribution is -2.31. The van der Waals surface area contributed by atoms with E-state index in [1.807, 2.05) is 42.6 Å². The summed E-state index contributed by atoms with van der Waals surface area (Å²) in [5.74, 6) is 1.52. The van der Waals surface area contributed by atoms with Crippen LogP contribution < -0.4 is 5.73 Å². The first-order valence-corrected chi connectivity index (χ1v) is 11.5. The monoisotopic (exact) mass is 465 g/mol. The highest BCUT2D eigenvalue weighted by molar-refractivity contribution is 6.21. The zero-order chi connectivity index (χ0) is 23.9. The molecule has 2 amide bonds. The molecule has 2 aliphatic rings. The van der Waals surface area contributed by atoms with E-state index in [0.717, 1.165) is 42.1 Å². The quantitative estimate of drug-likeness (QED) is 0.354. The summed E-state index contributed by atoms with van der Waals surface area (Å²) in [7, 11) is 0. The van der Waals surface area contributed by atoms with Crippen LogP contribution in [0.2, 0.25) is 0 Å². The van der Waals surface area contributed by atoms with Gasteiger partial charge in [-0.2, -0.15) is 0 Å². The number of benzene rings is 2. The van der Waals surface area contributed by atoms with E-state index >= 15 is 0 Å². The summed E-state index contributed by atoms with van der Waals surface area (Å²) < 4.78 is 5.99. The molecule has 2 aliphatic heterocycles. The van der Waals surface area contributed by atoms with Gasteiger partial charge in [0.15, 0.2) is 5.82 Å². The lowest BCUT2D eigenvalue weighted by molar-refractivity contribution is 0.0630. The number of anilines is 1. The van der Waals surface area contributed by atoms with Crippen molar-refractivity contribution in [3.8, 4) is 11.4 Å². The van der Waals surface area contributed by atoms with Crippen LogP contribution in [0.3, 0.4) is 0 Å². The second kappa shape index (κ2) is 8.48. The molecule has 0 saturated heterocycles. The minimum absolute atomic E-state index is 0.122. The number of rotatable bonds is 5. The van der Waals surface area contributed by atoms with Crippen LogP contribution in [0.5, 0.6) is 0 Å². The molecule has 35 heavy (non-hydrogen) atoms. The Labute approximate surface area is 202 Å². The van der Waals surface area contributed by atoms with Crippen molar-refractivity contribution in [2.75, 3.05) is 12.3 Å². The van der Waals surface area contributed by atoms with Crippen LogP contribution in [0, 0.1) is 0 Å². The molecule has 0 saturated carbocycles. The molecule has 0 fully saturated rings. The highest BCUT2D eigenvalue weighted by Crippen LogP contribution is 2.26. The van der Waals surface area contributed by atoms with Crippen LogP contribution in [0.1, 0.15) is 43.5 Å². The number of carbonyl (C=O) groups is 2. The third kappa shape index (κ3) is 3.98. The van der Waals surface area contributed by atoms with E-state index in [9.17, 15) is 9.59 Å². The number of carbonyl (C=O) groups excluding carboxylic acids is 2. The Morgan fingerprint density at radius 3 is 2.29 bits per heavy atom. The number of nitrogens with zero attached hydrogens (tertiary/aromatic N) is 4. The first-order chi connectivity index (χ1) is 17.0. The van der Waals surface area contributed by atoms with E-state index in [1.165, 1.54) is 4.90 Å². The summed E-state index contributed by atoms with van der Waals surface area (Å²) in [5, 5.41) is 0. The van der Waals surface area contributed by atoms with Gasteiger partial charge in [-0.3, -0.25) is 19.4 Å². The Bertz CT molecular complexity index is 1410. The van der Waals surface area contributed by atoms with Gasteiger partial charge in [-0.05, 0) is 48.5 Å². The summed E-state index contributed by atoms with van der Waals surface area (Å²) in [4.78, 5) is 38.1. The predicted octanol–water partition coefficient (Wildman–Crippen LogP) is 3.67. The predicted molar refractivity (Wildman–Crippen MR) is 129 cm³/mol. The second-order valence-corrected chi connectivity index (χ2v) is 8.86. The Hall–Kier alpha value is -4.30. The summed E-state index contributed by atoms with van der Waals surface area (Å²) in [6.45, 7) is 2.32. The Kier molecular flexibility index (Phi) is 5.15. The topological polar surface area (TPSA) is 106 Å². The van der Waals surface area contributed by atoms with Crippen LogP contribution in [-0.4, -0.2) is 38.1 Å². The molecule has 174 valence electrons. The first kappa shape index (κ1) is 21.2. The maximum atomic E-state index is 12.6. The van der Waals surface area contributed by atoms with Gasteiger partial charge in [0.2, 0.25) is 0 Å². The number of hydrogen-bond acceptors (Lipinski definition) is 7. The van der Waals surface area contributed by atoms with Crippen molar-refractivity contribution in [3.63, 3.8) is 0 Å². The zero-order valence-electron chi connectivity index (χ0n) is 19.0. The number of nitrogen functional groups attached to an aromatic ring is 1. The van der Waals surface area contributed by atoms with E-state index in [0.29, 0.717) is 34.9 Å². The number of nitrogens with two attached hydrogens (primary N) is 1. The van der Waals surface area contributed by atoms with E-state index in [2.05, 4.69) is 9.88 Å². The summed E-state index contributed by atoms with van der Waals surface area (Å²) >= 11 is 0. The Morgan fingerprint density at radius 2 is 1.57 bits per heavy atom.